The van der Waals surface area contributed by atoms with Crippen LogP contribution in [0, 0.1) is 0 Å². The summed E-state index contributed by atoms with van der Waals surface area (Å²) in [6.07, 6.45) is 1.56. The third kappa shape index (κ3) is 3.96. The van der Waals surface area contributed by atoms with Crippen molar-refractivity contribution in [2.45, 2.75) is 0 Å². The summed E-state index contributed by atoms with van der Waals surface area (Å²) in [6.45, 7) is -0.0928. The number of anilines is 1. The molecule has 0 aliphatic carbocycles. The molecule has 0 aliphatic rings. The highest BCUT2D eigenvalue weighted by atomic mass is 79.9. The first-order valence-corrected chi connectivity index (χ1v) is 6.69. The zero-order valence-corrected chi connectivity index (χ0v) is 12.4. The van der Waals surface area contributed by atoms with Crippen LogP contribution >= 0.6 is 15.9 Å². The zero-order valence-electron chi connectivity index (χ0n) is 10.8. The van der Waals surface area contributed by atoms with Crippen LogP contribution in [0.1, 0.15) is 0 Å². The maximum atomic E-state index is 11.7. The lowest BCUT2D eigenvalue weighted by Crippen LogP contribution is -2.22. The molecule has 0 unspecified atom stereocenters. The van der Waals surface area contributed by atoms with Crippen LogP contribution < -0.4 is 15.6 Å². The number of rotatable bonds is 4. The molecule has 0 fully saturated rings. The Balaban J connectivity index is 1.90. The van der Waals surface area contributed by atoms with Crippen LogP contribution in [0.2, 0.25) is 0 Å². The summed E-state index contributed by atoms with van der Waals surface area (Å²) in [6, 6.07) is 10.2. The van der Waals surface area contributed by atoms with E-state index < -0.39 is 0 Å². The molecule has 104 valence electrons. The summed E-state index contributed by atoms with van der Waals surface area (Å²) in [7, 11) is 1.62. The highest BCUT2D eigenvalue weighted by molar-refractivity contribution is 9.10. The summed E-state index contributed by atoms with van der Waals surface area (Å²) in [5, 5.41) is 2.66. The topological polar surface area (TPSA) is 60.3 Å². The van der Waals surface area contributed by atoms with Gasteiger partial charge < -0.3 is 14.6 Å². The first-order chi connectivity index (χ1) is 9.54. The van der Waals surface area contributed by atoms with Gasteiger partial charge in [0, 0.05) is 23.8 Å². The molecule has 1 aromatic carbocycles. The van der Waals surface area contributed by atoms with E-state index in [-0.39, 0.29) is 18.1 Å². The molecule has 0 saturated heterocycles. The third-order valence-electron chi connectivity index (χ3n) is 2.55. The number of carbonyl (C=O) groups is 1. The first kappa shape index (κ1) is 14.3. The van der Waals surface area contributed by atoms with E-state index in [0.29, 0.717) is 11.4 Å². The van der Waals surface area contributed by atoms with Gasteiger partial charge in [0.2, 0.25) is 5.56 Å². The summed E-state index contributed by atoms with van der Waals surface area (Å²) >= 11 is 3.32. The number of aryl methyl sites for hydroxylation is 1. The van der Waals surface area contributed by atoms with Gasteiger partial charge in [0.15, 0.2) is 6.61 Å². The van der Waals surface area contributed by atoms with Gasteiger partial charge >= 0.3 is 0 Å². The van der Waals surface area contributed by atoms with Crippen molar-refractivity contribution in [3.63, 3.8) is 0 Å². The summed E-state index contributed by atoms with van der Waals surface area (Å²) in [4.78, 5) is 22.9. The van der Waals surface area contributed by atoms with Crippen molar-refractivity contribution >= 4 is 27.5 Å². The minimum absolute atomic E-state index is 0.0928. The summed E-state index contributed by atoms with van der Waals surface area (Å²) in [5.74, 6) is 0.329. The van der Waals surface area contributed by atoms with Crippen LogP contribution in [0.4, 0.5) is 5.69 Å². The number of hydrogen-bond acceptors (Lipinski definition) is 3. The minimum Gasteiger partial charge on any atom is -0.484 e. The van der Waals surface area contributed by atoms with Crippen LogP contribution in [0.5, 0.6) is 5.75 Å². The highest BCUT2D eigenvalue weighted by Crippen LogP contribution is 2.16. The van der Waals surface area contributed by atoms with Gasteiger partial charge in [0.25, 0.3) is 5.91 Å². The molecule has 1 heterocycles. The Kier molecular flexibility index (Phi) is 4.57. The van der Waals surface area contributed by atoms with Gasteiger partial charge in [0.05, 0.1) is 5.69 Å². The van der Waals surface area contributed by atoms with E-state index in [1.807, 2.05) is 12.1 Å². The molecule has 2 aromatic rings. The van der Waals surface area contributed by atoms with E-state index >= 15 is 0 Å². The van der Waals surface area contributed by atoms with Crippen LogP contribution in [0.15, 0.2) is 51.9 Å². The van der Waals surface area contributed by atoms with Crippen LogP contribution in [-0.2, 0) is 11.8 Å². The molecule has 20 heavy (non-hydrogen) atoms. The maximum Gasteiger partial charge on any atom is 0.262 e. The molecule has 0 radical (unpaired) electrons. The Morgan fingerprint density at radius 1 is 1.25 bits per heavy atom. The Morgan fingerprint density at radius 2 is 1.95 bits per heavy atom. The van der Waals surface area contributed by atoms with E-state index in [1.54, 1.807) is 31.4 Å². The molecular weight excluding hydrogens is 324 g/mol. The normalized spacial score (nSPS) is 10.1. The molecular formula is C14H13BrN2O3. The number of aromatic nitrogens is 1. The molecule has 5 nitrogen and oxygen atoms in total. The van der Waals surface area contributed by atoms with Crippen molar-refractivity contribution in [1.82, 2.24) is 4.57 Å². The Morgan fingerprint density at radius 3 is 2.60 bits per heavy atom. The predicted molar refractivity (Wildman–Crippen MR) is 79.9 cm³/mol. The lowest BCUT2D eigenvalue weighted by molar-refractivity contribution is -0.118. The zero-order chi connectivity index (χ0) is 14.5. The van der Waals surface area contributed by atoms with Crippen molar-refractivity contribution in [3.05, 3.63) is 57.4 Å². The number of ether oxygens (including phenoxy) is 1. The van der Waals surface area contributed by atoms with Crippen molar-refractivity contribution in [3.8, 4) is 5.75 Å². The van der Waals surface area contributed by atoms with E-state index in [2.05, 4.69) is 21.2 Å². The summed E-state index contributed by atoms with van der Waals surface area (Å²) in [5.41, 5.74) is 0.422. The molecule has 1 N–H and O–H groups in total. The molecule has 0 atom stereocenters. The molecule has 0 spiro atoms. The molecule has 2 rings (SSSR count). The SMILES string of the molecule is Cn1cc(NC(=O)COc2ccc(Br)cc2)ccc1=O. The van der Waals surface area contributed by atoms with Crippen molar-refractivity contribution in [1.29, 1.82) is 0 Å². The van der Waals surface area contributed by atoms with Gasteiger partial charge in [-0.25, -0.2) is 0 Å². The van der Waals surface area contributed by atoms with Gasteiger partial charge in [-0.05, 0) is 30.3 Å². The number of amides is 1. The number of carbonyl (C=O) groups excluding carboxylic acids is 1. The number of benzene rings is 1. The molecule has 6 heteroatoms. The van der Waals surface area contributed by atoms with Gasteiger partial charge in [-0.15, -0.1) is 0 Å². The van der Waals surface area contributed by atoms with Gasteiger partial charge in [-0.1, -0.05) is 15.9 Å². The Hall–Kier alpha value is -2.08. The number of nitrogens with one attached hydrogen (secondary N) is 1. The average Bonchev–Trinajstić information content (AvgIpc) is 2.42. The Labute approximate surface area is 124 Å². The first-order valence-electron chi connectivity index (χ1n) is 5.89. The predicted octanol–water partition coefficient (Wildman–Crippen LogP) is 2.17. The molecule has 0 aliphatic heterocycles. The second-order valence-electron chi connectivity index (χ2n) is 4.16. The minimum atomic E-state index is -0.286. The van der Waals surface area contributed by atoms with Crippen LogP contribution in [0.25, 0.3) is 0 Å². The van der Waals surface area contributed by atoms with E-state index in [0.717, 1.165) is 4.47 Å². The lowest BCUT2D eigenvalue weighted by atomic mass is 10.3. The number of halogens is 1. The molecule has 1 amide bonds. The average molecular weight is 337 g/mol. The lowest BCUT2D eigenvalue weighted by Gasteiger charge is -2.08. The molecule has 0 bridgehead atoms. The van der Waals surface area contributed by atoms with Crippen molar-refractivity contribution in [2.24, 2.45) is 7.05 Å². The fourth-order valence-corrected chi connectivity index (χ4v) is 1.81. The number of pyridine rings is 1. The van der Waals surface area contributed by atoms with Crippen LogP contribution in [-0.4, -0.2) is 17.1 Å². The van der Waals surface area contributed by atoms with Crippen LogP contribution in [0.3, 0.4) is 0 Å². The molecule has 0 saturated carbocycles. The summed E-state index contributed by atoms with van der Waals surface area (Å²) < 4.78 is 7.69. The Bertz CT molecular complexity index is 665. The van der Waals surface area contributed by atoms with E-state index in [9.17, 15) is 9.59 Å². The van der Waals surface area contributed by atoms with Crippen molar-refractivity contribution in [2.75, 3.05) is 11.9 Å². The van der Waals surface area contributed by atoms with Gasteiger partial charge in [-0.2, -0.15) is 0 Å². The van der Waals surface area contributed by atoms with E-state index in [1.165, 1.54) is 10.6 Å². The van der Waals surface area contributed by atoms with Gasteiger partial charge in [-0.3, -0.25) is 9.59 Å². The molecule has 1 aromatic heterocycles. The van der Waals surface area contributed by atoms with E-state index in [4.69, 9.17) is 4.74 Å². The maximum absolute atomic E-state index is 11.7. The number of nitrogens with zero attached hydrogens (tertiary/aromatic N) is 1. The fraction of sp³-hybridized carbons (Fsp3) is 0.143. The largest absolute Gasteiger partial charge is 0.484 e. The van der Waals surface area contributed by atoms with Gasteiger partial charge in [0.1, 0.15) is 5.75 Å². The monoisotopic (exact) mass is 336 g/mol. The third-order valence-corrected chi connectivity index (χ3v) is 3.08. The standard InChI is InChI=1S/C14H13BrN2O3/c1-17-8-11(4-7-14(17)19)16-13(18)9-20-12-5-2-10(15)3-6-12/h2-8H,9H2,1H3,(H,16,18). The fourth-order valence-electron chi connectivity index (χ4n) is 1.54. The number of hydrogen-bond donors (Lipinski definition) is 1. The quantitative estimate of drug-likeness (QED) is 0.930. The van der Waals surface area contributed by atoms with Crippen molar-refractivity contribution < 1.29 is 9.53 Å². The highest BCUT2D eigenvalue weighted by Gasteiger charge is 2.04. The smallest absolute Gasteiger partial charge is 0.262 e. The second kappa shape index (κ2) is 6.38. The second-order valence-corrected chi connectivity index (χ2v) is 5.07.